The summed E-state index contributed by atoms with van der Waals surface area (Å²) >= 11 is 0. The Morgan fingerprint density at radius 2 is 2.19 bits per heavy atom. The summed E-state index contributed by atoms with van der Waals surface area (Å²) in [6, 6.07) is 7.73. The fourth-order valence-corrected chi connectivity index (χ4v) is 1.94. The molecule has 1 unspecified atom stereocenters. The maximum Gasteiger partial charge on any atom is 0.226 e. The SMILES string of the molecule is CCC(=O)N1CC(CC)Oc2ccccc21. The van der Waals surface area contributed by atoms with Crippen LogP contribution in [0, 0.1) is 0 Å². The average Bonchev–Trinajstić information content (AvgIpc) is 2.36. The van der Waals surface area contributed by atoms with E-state index < -0.39 is 0 Å². The number of benzene rings is 1. The average molecular weight is 219 g/mol. The topological polar surface area (TPSA) is 29.5 Å². The summed E-state index contributed by atoms with van der Waals surface area (Å²) in [6.07, 6.45) is 1.57. The van der Waals surface area contributed by atoms with Crippen LogP contribution in [-0.4, -0.2) is 18.6 Å². The minimum atomic E-state index is 0.116. The number of hydrogen-bond donors (Lipinski definition) is 0. The number of anilines is 1. The van der Waals surface area contributed by atoms with Crippen LogP contribution in [0.5, 0.6) is 5.75 Å². The molecule has 1 aromatic carbocycles. The van der Waals surface area contributed by atoms with Crippen molar-refractivity contribution in [3.05, 3.63) is 24.3 Å². The molecule has 1 aliphatic rings. The Morgan fingerprint density at radius 3 is 2.88 bits per heavy atom. The number of hydrogen-bond acceptors (Lipinski definition) is 2. The van der Waals surface area contributed by atoms with Crippen LogP contribution < -0.4 is 9.64 Å². The minimum Gasteiger partial charge on any atom is -0.486 e. The lowest BCUT2D eigenvalue weighted by Crippen LogP contribution is -2.43. The van der Waals surface area contributed by atoms with Crippen molar-refractivity contribution in [2.45, 2.75) is 32.8 Å². The third-order valence-electron chi connectivity index (χ3n) is 2.89. The molecule has 0 radical (unpaired) electrons. The van der Waals surface area contributed by atoms with Gasteiger partial charge < -0.3 is 9.64 Å². The summed E-state index contributed by atoms with van der Waals surface area (Å²) in [7, 11) is 0. The number of carbonyl (C=O) groups excluding carboxylic acids is 1. The smallest absolute Gasteiger partial charge is 0.226 e. The van der Waals surface area contributed by atoms with Gasteiger partial charge in [0, 0.05) is 6.42 Å². The van der Waals surface area contributed by atoms with Gasteiger partial charge in [0.1, 0.15) is 11.9 Å². The predicted molar refractivity (Wildman–Crippen MR) is 63.8 cm³/mol. The highest BCUT2D eigenvalue weighted by atomic mass is 16.5. The molecule has 0 aliphatic carbocycles. The van der Waals surface area contributed by atoms with Gasteiger partial charge in [-0.1, -0.05) is 26.0 Å². The van der Waals surface area contributed by atoms with Gasteiger partial charge in [0.05, 0.1) is 12.2 Å². The monoisotopic (exact) mass is 219 g/mol. The molecule has 0 N–H and O–H groups in total. The lowest BCUT2D eigenvalue weighted by Gasteiger charge is -2.34. The van der Waals surface area contributed by atoms with Gasteiger partial charge in [0.25, 0.3) is 0 Å². The number of rotatable bonds is 2. The maximum absolute atomic E-state index is 11.9. The molecule has 1 aromatic rings. The number of ether oxygens (including phenoxy) is 1. The van der Waals surface area contributed by atoms with E-state index in [4.69, 9.17) is 4.74 Å². The zero-order valence-electron chi connectivity index (χ0n) is 9.77. The molecule has 0 spiro atoms. The van der Waals surface area contributed by atoms with Gasteiger partial charge in [-0.3, -0.25) is 4.79 Å². The number of carbonyl (C=O) groups is 1. The maximum atomic E-state index is 11.9. The molecule has 1 atom stereocenters. The van der Waals surface area contributed by atoms with Crippen molar-refractivity contribution in [1.82, 2.24) is 0 Å². The Balaban J connectivity index is 2.35. The third kappa shape index (κ3) is 1.90. The van der Waals surface area contributed by atoms with E-state index in [2.05, 4.69) is 6.92 Å². The van der Waals surface area contributed by atoms with Crippen molar-refractivity contribution in [3.8, 4) is 5.75 Å². The minimum absolute atomic E-state index is 0.116. The van der Waals surface area contributed by atoms with Crippen molar-refractivity contribution < 1.29 is 9.53 Å². The second-order valence-corrected chi connectivity index (χ2v) is 3.97. The molecule has 0 aromatic heterocycles. The first-order valence-corrected chi connectivity index (χ1v) is 5.82. The largest absolute Gasteiger partial charge is 0.486 e. The van der Waals surface area contributed by atoms with Crippen molar-refractivity contribution >= 4 is 11.6 Å². The normalized spacial score (nSPS) is 18.9. The molecule has 0 saturated carbocycles. The summed E-state index contributed by atoms with van der Waals surface area (Å²) in [5.74, 6) is 0.983. The molecular weight excluding hydrogens is 202 g/mol. The van der Waals surface area contributed by atoms with E-state index >= 15 is 0 Å². The fourth-order valence-electron chi connectivity index (χ4n) is 1.94. The molecule has 3 heteroatoms. The highest BCUT2D eigenvalue weighted by molar-refractivity contribution is 5.95. The predicted octanol–water partition coefficient (Wildman–Crippen LogP) is 2.60. The molecule has 1 amide bonds. The highest BCUT2D eigenvalue weighted by Crippen LogP contribution is 2.33. The number of para-hydroxylation sites is 2. The Kier molecular flexibility index (Phi) is 3.13. The summed E-state index contributed by atoms with van der Waals surface area (Å²) in [5.41, 5.74) is 0.902. The summed E-state index contributed by atoms with van der Waals surface area (Å²) < 4.78 is 5.81. The van der Waals surface area contributed by atoms with E-state index in [9.17, 15) is 4.79 Å². The Hall–Kier alpha value is -1.51. The van der Waals surface area contributed by atoms with E-state index in [1.165, 1.54) is 0 Å². The molecule has 16 heavy (non-hydrogen) atoms. The van der Waals surface area contributed by atoms with Crippen LogP contribution in [0.3, 0.4) is 0 Å². The van der Waals surface area contributed by atoms with Crippen molar-refractivity contribution in [2.75, 3.05) is 11.4 Å². The Labute approximate surface area is 96.0 Å². The molecule has 86 valence electrons. The lowest BCUT2D eigenvalue weighted by molar-refractivity contribution is -0.118. The second kappa shape index (κ2) is 4.56. The quantitative estimate of drug-likeness (QED) is 0.765. The van der Waals surface area contributed by atoms with Crippen LogP contribution in [-0.2, 0) is 4.79 Å². The van der Waals surface area contributed by atoms with Gasteiger partial charge in [0.2, 0.25) is 5.91 Å². The second-order valence-electron chi connectivity index (χ2n) is 3.97. The van der Waals surface area contributed by atoms with Gasteiger partial charge in [-0.05, 0) is 18.6 Å². The first-order chi connectivity index (χ1) is 7.76. The van der Waals surface area contributed by atoms with Gasteiger partial charge in [-0.15, -0.1) is 0 Å². The van der Waals surface area contributed by atoms with E-state index in [1.54, 1.807) is 0 Å². The van der Waals surface area contributed by atoms with Gasteiger partial charge >= 0.3 is 0 Å². The van der Waals surface area contributed by atoms with E-state index in [0.717, 1.165) is 17.9 Å². The van der Waals surface area contributed by atoms with Crippen molar-refractivity contribution in [2.24, 2.45) is 0 Å². The third-order valence-corrected chi connectivity index (χ3v) is 2.89. The molecule has 1 aliphatic heterocycles. The molecule has 0 saturated heterocycles. The zero-order chi connectivity index (χ0) is 11.5. The fraction of sp³-hybridized carbons (Fsp3) is 0.462. The van der Waals surface area contributed by atoms with Gasteiger partial charge in [0.15, 0.2) is 0 Å². The standard InChI is InChI=1S/C13H17NO2/c1-3-10-9-14(13(15)4-2)11-7-5-6-8-12(11)16-10/h5-8,10H,3-4,9H2,1-2H3. The summed E-state index contributed by atoms with van der Waals surface area (Å²) in [6.45, 7) is 4.63. The zero-order valence-corrected chi connectivity index (χ0v) is 9.77. The van der Waals surface area contributed by atoms with Gasteiger partial charge in [-0.2, -0.15) is 0 Å². The molecule has 2 rings (SSSR count). The van der Waals surface area contributed by atoms with Crippen LogP contribution in [0.2, 0.25) is 0 Å². The first-order valence-electron chi connectivity index (χ1n) is 5.82. The van der Waals surface area contributed by atoms with Crippen LogP contribution in [0.25, 0.3) is 0 Å². The van der Waals surface area contributed by atoms with Crippen LogP contribution in [0.1, 0.15) is 26.7 Å². The molecular formula is C13H17NO2. The Morgan fingerprint density at radius 1 is 1.44 bits per heavy atom. The van der Waals surface area contributed by atoms with E-state index in [-0.39, 0.29) is 12.0 Å². The number of fused-ring (bicyclic) bond motifs is 1. The molecule has 0 fully saturated rings. The van der Waals surface area contributed by atoms with E-state index in [0.29, 0.717) is 13.0 Å². The lowest BCUT2D eigenvalue weighted by atomic mass is 10.1. The van der Waals surface area contributed by atoms with Crippen LogP contribution >= 0.6 is 0 Å². The molecule has 1 heterocycles. The molecule has 3 nitrogen and oxygen atoms in total. The van der Waals surface area contributed by atoms with Crippen LogP contribution in [0.15, 0.2) is 24.3 Å². The van der Waals surface area contributed by atoms with Gasteiger partial charge in [-0.25, -0.2) is 0 Å². The van der Waals surface area contributed by atoms with Crippen molar-refractivity contribution in [3.63, 3.8) is 0 Å². The first kappa shape index (κ1) is 11.0. The number of nitrogens with zero attached hydrogens (tertiary/aromatic N) is 1. The Bertz CT molecular complexity index is 389. The highest BCUT2D eigenvalue weighted by Gasteiger charge is 2.27. The summed E-state index contributed by atoms with van der Waals surface area (Å²) in [5, 5.41) is 0. The van der Waals surface area contributed by atoms with Crippen LogP contribution in [0.4, 0.5) is 5.69 Å². The van der Waals surface area contributed by atoms with E-state index in [1.807, 2.05) is 36.1 Å². The number of amides is 1. The van der Waals surface area contributed by atoms with Crippen molar-refractivity contribution in [1.29, 1.82) is 0 Å². The molecule has 0 bridgehead atoms. The summed E-state index contributed by atoms with van der Waals surface area (Å²) in [4.78, 5) is 13.7.